The van der Waals surface area contributed by atoms with E-state index in [0.29, 0.717) is 11.5 Å². The van der Waals surface area contributed by atoms with Crippen molar-refractivity contribution in [1.29, 1.82) is 0 Å². The number of aryl methyl sites for hydroxylation is 1. The normalized spacial score (nSPS) is 10.3. The van der Waals surface area contributed by atoms with Crippen LogP contribution in [0.1, 0.15) is 11.3 Å². The molecule has 2 rings (SSSR count). The van der Waals surface area contributed by atoms with Crippen LogP contribution in [0.2, 0.25) is 0 Å². The van der Waals surface area contributed by atoms with Crippen LogP contribution in [0.15, 0.2) is 36.5 Å². The molecule has 3 nitrogen and oxygen atoms in total. The highest BCUT2D eigenvalue weighted by Crippen LogP contribution is 2.15. The van der Waals surface area contributed by atoms with E-state index in [2.05, 4.69) is 9.97 Å². The summed E-state index contributed by atoms with van der Waals surface area (Å²) in [5.74, 6) is 0.654. The smallest absolute Gasteiger partial charge is 0.159 e. The predicted molar refractivity (Wildman–Crippen MR) is 58.1 cm³/mol. The fourth-order valence-electron chi connectivity index (χ4n) is 1.33. The molecule has 0 radical (unpaired) electrons. The van der Waals surface area contributed by atoms with Crippen LogP contribution in [0.3, 0.4) is 0 Å². The summed E-state index contributed by atoms with van der Waals surface area (Å²) in [4.78, 5) is 8.40. The molecular weight excluding hydrogens is 188 g/mol. The van der Waals surface area contributed by atoms with Gasteiger partial charge in [-0.1, -0.05) is 29.8 Å². The van der Waals surface area contributed by atoms with Crippen molar-refractivity contribution < 1.29 is 5.11 Å². The number of aliphatic hydroxyl groups excluding tert-OH is 1. The molecule has 15 heavy (non-hydrogen) atoms. The quantitative estimate of drug-likeness (QED) is 0.805. The molecule has 1 aromatic carbocycles. The van der Waals surface area contributed by atoms with E-state index in [-0.39, 0.29) is 6.61 Å². The van der Waals surface area contributed by atoms with Crippen molar-refractivity contribution in [2.75, 3.05) is 0 Å². The first-order valence-corrected chi connectivity index (χ1v) is 4.79. The molecule has 1 N–H and O–H groups in total. The van der Waals surface area contributed by atoms with E-state index in [1.54, 1.807) is 12.3 Å². The SMILES string of the molecule is Cc1ccc(-c2nccc(CO)n2)cc1. The minimum Gasteiger partial charge on any atom is -0.390 e. The predicted octanol–water partition coefficient (Wildman–Crippen LogP) is 1.94. The van der Waals surface area contributed by atoms with Crippen molar-refractivity contribution in [3.8, 4) is 11.4 Å². The van der Waals surface area contributed by atoms with Crippen LogP contribution in [-0.4, -0.2) is 15.1 Å². The molecule has 1 heterocycles. The molecule has 76 valence electrons. The number of nitrogens with zero attached hydrogens (tertiary/aromatic N) is 2. The van der Waals surface area contributed by atoms with Crippen molar-refractivity contribution in [3.63, 3.8) is 0 Å². The lowest BCUT2D eigenvalue weighted by molar-refractivity contribution is 0.277. The molecule has 3 heteroatoms. The van der Waals surface area contributed by atoms with Crippen molar-refractivity contribution in [2.24, 2.45) is 0 Å². The lowest BCUT2D eigenvalue weighted by atomic mass is 10.1. The van der Waals surface area contributed by atoms with E-state index in [9.17, 15) is 0 Å². The molecule has 0 spiro atoms. The van der Waals surface area contributed by atoms with E-state index in [1.807, 2.05) is 31.2 Å². The minimum atomic E-state index is -0.0542. The van der Waals surface area contributed by atoms with Crippen LogP contribution in [0.25, 0.3) is 11.4 Å². The van der Waals surface area contributed by atoms with Gasteiger partial charge in [-0.25, -0.2) is 9.97 Å². The Hall–Kier alpha value is -1.74. The Morgan fingerprint density at radius 1 is 1.13 bits per heavy atom. The van der Waals surface area contributed by atoms with Crippen molar-refractivity contribution in [2.45, 2.75) is 13.5 Å². The molecule has 0 unspecified atom stereocenters. The van der Waals surface area contributed by atoms with Gasteiger partial charge >= 0.3 is 0 Å². The summed E-state index contributed by atoms with van der Waals surface area (Å²) < 4.78 is 0. The van der Waals surface area contributed by atoms with Crippen molar-refractivity contribution in [1.82, 2.24) is 9.97 Å². The first kappa shape index (κ1) is 9.80. The van der Waals surface area contributed by atoms with Gasteiger partial charge in [-0.2, -0.15) is 0 Å². The molecule has 2 aromatic rings. The Morgan fingerprint density at radius 2 is 1.87 bits per heavy atom. The third-order valence-electron chi connectivity index (χ3n) is 2.19. The van der Waals surface area contributed by atoms with Crippen LogP contribution in [-0.2, 0) is 6.61 Å². The minimum absolute atomic E-state index is 0.0542. The lowest BCUT2D eigenvalue weighted by Gasteiger charge is -2.01. The van der Waals surface area contributed by atoms with Crippen molar-refractivity contribution >= 4 is 0 Å². The summed E-state index contributed by atoms with van der Waals surface area (Å²) in [7, 11) is 0. The van der Waals surface area contributed by atoms with Gasteiger partial charge in [-0.3, -0.25) is 0 Å². The number of benzene rings is 1. The fraction of sp³-hybridized carbons (Fsp3) is 0.167. The summed E-state index contributed by atoms with van der Waals surface area (Å²) in [6.45, 7) is 1.98. The van der Waals surface area contributed by atoms with Crippen LogP contribution >= 0.6 is 0 Å². The molecule has 0 aliphatic rings. The molecule has 0 fully saturated rings. The van der Waals surface area contributed by atoms with Gasteiger partial charge in [-0.05, 0) is 13.0 Å². The zero-order valence-corrected chi connectivity index (χ0v) is 8.51. The first-order valence-electron chi connectivity index (χ1n) is 4.79. The van der Waals surface area contributed by atoms with Gasteiger partial charge in [0.05, 0.1) is 12.3 Å². The number of hydrogen-bond acceptors (Lipinski definition) is 3. The number of aromatic nitrogens is 2. The summed E-state index contributed by atoms with van der Waals surface area (Å²) in [5, 5.41) is 8.96. The van der Waals surface area contributed by atoms with Gasteiger partial charge in [0.1, 0.15) is 0 Å². The highest BCUT2D eigenvalue weighted by Gasteiger charge is 2.01. The standard InChI is InChI=1S/C12H12N2O/c1-9-2-4-10(5-3-9)12-13-7-6-11(8-15)14-12/h2-7,15H,8H2,1H3. The Morgan fingerprint density at radius 3 is 2.53 bits per heavy atom. The molecular formula is C12H12N2O. The lowest BCUT2D eigenvalue weighted by Crippen LogP contribution is -1.94. The number of rotatable bonds is 2. The Balaban J connectivity index is 2.40. The summed E-state index contributed by atoms with van der Waals surface area (Å²) in [6.07, 6.45) is 1.66. The van der Waals surface area contributed by atoms with E-state index in [4.69, 9.17) is 5.11 Å². The van der Waals surface area contributed by atoms with Crippen LogP contribution in [0.4, 0.5) is 0 Å². The van der Waals surface area contributed by atoms with Crippen LogP contribution in [0, 0.1) is 6.92 Å². The second-order valence-electron chi connectivity index (χ2n) is 3.40. The fourth-order valence-corrected chi connectivity index (χ4v) is 1.33. The molecule has 0 saturated heterocycles. The van der Waals surface area contributed by atoms with E-state index in [0.717, 1.165) is 5.56 Å². The third kappa shape index (κ3) is 2.19. The van der Waals surface area contributed by atoms with Crippen LogP contribution < -0.4 is 0 Å². The largest absolute Gasteiger partial charge is 0.390 e. The molecule has 0 aliphatic carbocycles. The zero-order chi connectivity index (χ0) is 10.7. The van der Waals surface area contributed by atoms with E-state index in [1.165, 1.54) is 5.56 Å². The average Bonchev–Trinajstić information content (AvgIpc) is 2.30. The van der Waals surface area contributed by atoms with E-state index >= 15 is 0 Å². The maximum absolute atomic E-state index is 8.96. The maximum atomic E-state index is 8.96. The Kier molecular flexibility index (Phi) is 2.74. The Labute approximate surface area is 88.5 Å². The third-order valence-corrected chi connectivity index (χ3v) is 2.19. The molecule has 0 bridgehead atoms. The topological polar surface area (TPSA) is 46.0 Å². The second kappa shape index (κ2) is 4.19. The second-order valence-corrected chi connectivity index (χ2v) is 3.40. The van der Waals surface area contributed by atoms with Gasteiger partial charge in [0.2, 0.25) is 0 Å². The van der Waals surface area contributed by atoms with Gasteiger partial charge in [0, 0.05) is 11.8 Å². The Bertz CT molecular complexity index is 451. The first-order chi connectivity index (χ1) is 7.29. The average molecular weight is 200 g/mol. The highest BCUT2D eigenvalue weighted by atomic mass is 16.3. The van der Waals surface area contributed by atoms with Gasteiger partial charge in [0.25, 0.3) is 0 Å². The summed E-state index contributed by atoms with van der Waals surface area (Å²) in [5.41, 5.74) is 2.81. The zero-order valence-electron chi connectivity index (χ0n) is 8.51. The van der Waals surface area contributed by atoms with Gasteiger partial charge < -0.3 is 5.11 Å². The maximum Gasteiger partial charge on any atom is 0.159 e. The molecule has 0 saturated carbocycles. The highest BCUT2D eigenvalue weighted by molar-refractivity contribution is 5.55. The number of aliphatic hydroxyl groups is 1. The molecule has 0 amide bonds. The van der Waals surface area contributed by atoms with Crippen molar-refractivity contribution in [3.05, 3.63) is 47.8 Å². The summed E-state index contributed by atoms with van der Waals surface area (Å²) >= 11 is 0. The van der Waals surface area contributed by atoms with Crippen LogP contribution in [0.5, 0.6) is 0 Å². The molecule has 1 aromatic heterocycles. The van der Waals surface area contributed by atoms with Gasteiger partial charge in [0.15, 0.2) is 5.82 Å². The van der Waals surface area contributed by atoms with E-state index < -0.39 is 0 Å². The summed E-state index contributed by atoms with van der Waals surface area (Å²) in [6, 6.07) is 9.70. The molecule has 0 atom stereocenters. The monoisotopic (exact) mass is 200 g/mol. The van der Waals surface area contributed by atoms with Gasteiger partial charge in [-0.15, -0.1) is 0 Å². The number of hydrogen-bond donors (Lipinski definition) is 1. The molecule has 0 aliphatic heterocycles.